The average Bonchev–Trinajstić information content (AvgIpc) is 1.82. The van der Waals surface area contributed by atoms with Crippen molar-refractivity contribution in [2.75, 3.05) is 0 Å². The minimum Gasteiger partial charge on any atom is -0.320 e. The molecule has 0 aromatic carbocycles. The first-order valence-electron chi connectivity index (χ1n) is 3.02. The van der Waals surface area contributed by atoms with Crippen molar-refractivity contribution in [1.29, 1.82) is 0 Å². The fraction of sp³-hybridized carbons (Fsp3) is 0.667. The summed E-state index contributed by atoms with van der Waals surface area (Å²) in [5.74, 6) is -0.883. The smallest absolute Gasteiger partial charge is 0.125 e. The quantitative estimate of drug-likeness (QED) is 0.554. The Balaban J connectivity index is 2.71. The van der Waals surface area contributed by atoms with E-state index in [2.05, 4.69) is 0 Å². The molecule has 0 bridgehead atoms. The van der Waals surface area contributed by atoms with Crippen LogP contribution in [0, 0.1) is 0 Å². The molecule has 1 aliphatic carbocycles. The zero-order valence-electron chi connectivity index (χ0n) is 5.23. The number of halogens is 3. The summed E-state index contributed by atoms with van der Waals surface area (Å²) in [5.41, 5.74) is 5.00. The van der Waals surface area contributed by atoms with Crippen molar-refractivity contribution in [3.63, 3.8) is 0 Å². The fourth-order valence-electron chi connectivity index (χ4n) is 0.886. The predicted octanol–water partition coefficient (Wildman–Crippen LogP) is 1.25. The Morgan fingerprint density at radius 3 is 2.60 bits per heavy atom. The van der Waals surface area contributed by atoms with E-state index in [9.17, 15) is 13.2 Å². The highest BCUT2D eigenvalue weighted by Gasteiger charge is 2.29. The molecule has 58 valence electrons. The molecular weight excluding hydrogens is 143 g/mol. The molecule has 0 aromatic rings. The Bertz CT molecular complexity index is 157. The molecule has 0 aliphatic heterocycles. The van der Waals surface area contributed by atoms with Crippen LogP contribution in [0.3, 0.4) is 0 Å². The van der Waals surface area contributed by atoms with Crippen LogP contribution in [0.5, 0.6) is 0 Å². The Labute approximate surface area is 56.7 Å². The van der Waals surface area contributed by atoms with Crippen molar-refractivity contribution in [3.05, 3.63) is 11.9 Å². The van der Waals surface area contributed by atoms with Crippen molar-refractivity contribution in [1.82, 2.24) is 0 Å². The maximum absolute atomic E-state index is 12.4. The van der Waals surface area contributed by atoms with E-state index in [0.29, 0.717) is 0 Å². The minimum absolute atomic E-state index is 0.325. The van der Waals surface area contributed by atoms with E-state index >= 15 is 0 Å². The van der Waals surface area contributed by atoms with Gasteiger partial charge in [-0.05, 0) is 6.08 Å². The Hall–Kier alpha value is -0.510. The molecule has 0 radical (unpaired) electrons. The summed E-state index contributed by atoms with van der Waals surface area (Å²) >= 11 is 0. The Kier molecular flexibility index (Phi) is 1.99. The zero-order valence-corrected chi connectivity index (χ0v) is 5.23. The second kappa shape index (κ2) is 2.62. The third-order valence-corrected chi connectivity index (χ3v) is 1.50. The first-order valence-corrected chi connectivity index (χ1v) is 3.02. The minimum atomic E-state index is -1.58. The summed E-state index contributed by atoms with van der Waals surface area (Å²) in [7, 11) is 0. The van der Waals surface area contributed by atoms with E-state index in [0.717, 1.165) is 6.08 Å². The van der Waals surface area contributed by atoms with Gasteiger partial charge in [0.2, 0.25) is 0 Å². The van der Waals surface area contributed by atoms with Crippen LogP contribution in [0.4, 0.5) is 13.2 Å². The first-order chi connectivity index (χ1) is 4.61. The van der Waals surface area contributed by atoms with Crippen LogP contribution in [-0.4, -0.2) is 18.4 Å². The molecule has 0 spiro atoms. The largest absolute Gasteiger partial charge is 0.320 e. The van der Waals surface area contributed by atoms with Crippen LogP contribution in [0.25, 0.3) is 0 Å². The maximum Gasteiger partial charge on any atom is 0.125 e. The van der Waals surface area contributed by atoms with Gasteiger partial charge in [0.05, 0.1) is 6.04 Å². The lowest BCUT2D eigenvalue weighted by molar-refractivity contribution is 0.197. The van der Waals surface area contributed by atoms with E-state index in [4.69, 9.17) is 5.73 Å². The van der Waals surface area contributed by atoms with Gasteiger partial charge < -0.3 is 5.73 Å². The van der Waals surface area contributed by atoms with Gasteiger partial charge >= 0.3 is 0 Å². The van der Waals surface area contributed by atoms with Gasteiger partial charge in [-0.25, -0.2) is 13.2 Å². The molecule has 0 saturated carbocycles. The lowest BCUT2D eigenvalue weighted by Crippen LogP contribution is -2.37. The predicted molar refractivity (Wildman–Crippen MR) is 31.6 cm³/mol. The SMILES string of the molecule is NC1C(F)=C[C@@H](F)CC1F. The molecule has 0 fully saturated rings. The average molecular weight is 151 g/mol. The van der Waals surface area contributed by atoms with Crippen LogP contribution in [0.2, 0.25) is 0 Å². The van der Waals surface area contributed by atoms with Gasteiger partial charge in [-0.2, -0.15) is 0 Å². The topological polar surface area (TPSA) is 26.0 Å². The molecule has 4 heteroatoms. The van der Waals surface area contributed by atoms with Crippen LogP contribution >= 0.6 is 0 Å². The Morgan fingerprint density at radius 1 is 1.50 bits per heavy atom. The fourth-order valence-corrected chi connectivity index (χ4v) is 0.886. The normalized spacial score (nSPS) is 41.2. The summed E-state index contributed by atoms with van der Waals surface area (Å²) in [5, 5.41) is 0. The van der Waals surface area contributed by atoms with Gasteiger partial charge in [-0.15, -0.1) is 0 Å². The summed E-state index contributed by atoms with van der Waals surface area (Å²) in [4.78, 5) is 0. The highest BCUT2D eigenvalue weighted by Crippen LogP contribution is 2.22. The maximum atomic E-state index is 12.4. The summed E-state index contributed by atoms with van der Waals surface area (Å²) in [6.07, 6.45) is -2.70. The van der Waals surface area contributed by atoms with E-state index in [1.54, 1.807) is 0 Å². The molecule has 2 unspecified atom stereocenters. The third-order valence-electron chi connectivity index (χ3n) is 1.50. The number of hydrogen-bond donors (Lipinski definition) is 1. The molecule has 2 N–H and O–H groups in total. The number of rotatable bonds is 0. The highest BCUT2D eigenvalue weighted by molar-refractivity contribution is 5.12. The second-order valence-electron chi connectivity index (χ2n) is 2.35. The molecule has 0 heterocycles. The van der Waals surface area contributed by atoms with Crippen molar-refractivity contribution in [3.8, 4) is 0 Å². The van der Waals surface area contributed by atoms with Crippen molar-refractivity contribution in [2.24, 2.45) is 5.73 Å². The van der Waals surface area contributed by atoms with Crippen LogP contribution < -0.4 is 5.73 Å². The first kappa shape index (κ1) is 7.60. The van der Waals surface area contributed by atoms with Crippen molar-refractivity contribution < 1.29 is 13.2 Å². The number of nitrogens with two attached hydrogens (primary N) is 1. The summed E-state index contributed by atoms with van der Waals surface area (Å²) in [6.45, 7) is 0. The van der Waals surface area contributed by atoms with Crippen molar-refractivity contribution in [2.45, 2.75) is 24.8 Å². The molecule has 1 nitrogen and oxygen atoms in total. The highest BCUT2D eigenvalue weighted by atomic mass is 19.2. The molecule has 1 rings (SSSR count). The van der Waals surface area contributed by atoms with Crippen molar-refractivity contribution >= 4 is 0 Å². The van der Waals surface area contributed by atoms with E-state index in [-0.39, 0.29) is 6.42 Å². The molecule has 0 saturated heterocycles. The van der Waals surface area contributed by atoms with Gasteiger partial charge in [0.1, 0.15) is 18.2 Å². The van der Waals surface area contributed by atoms with Gasteiger partial charge in [0.15, 0.2) is 0 Å². The van der Waals surface area contributed by atoms with Gasteiger partial charge in [-0.1, -0.05) is 0 Å². The zero-order chi connectivity index (χ0) is 7.72. The van der Waals surface area contributed by atoms with E-state index in [1.165, 1.54) is 0 Å². The Morgan fingerprint density at radius 2 is 2.10 bits per heavy atom. The molecule has 3 atom stereocenters. The lowest BCUT2D eigenvalue weighted by Gasteiger charge is -2.20. The van der Waals surface area contributed by atoms with Crippen LogP contribution in [-0.2, 0) is 0 Å². The molecule has 1 aliphatic rings. The monoisotopic (exact) mass is 151 g/mol. The standard InChI is InChI=1S/C6H8F3N/c7-3-1-4(8)6(10)5(9)2-3/h1,3,5-6H,2,10H2/t3-,5?,6?/m1/s1. The number of alkyl halides is 2. The molecular formula is C6H8F3N. The van der Waals surface area contributed by atoms with E-state index in [1.807, 2.05) is 0 Å². The summed E-state index contributed by atoms with van der Waals surface area (Å²) < 4.78 is 37.0. The number of allylic oxidation sites excluding steroid dienone is 1. The van der Waals surface area contributed by atoms with Gasteiger partial charge in [0.25, 0.3) is 0 Å². The van der Waals surface area contributed by atoms with Gasteiger partial charge in [0, 0.05) is 6.42 Å². The lowest BCUT2D eigenvalue weighted by atomic mass is 9.99. The molecule has 0 aromatic heterocycles. The molecule has 0 amide bonds. The van der Waals surface area contributed by atoms with Crippen LogP contribution in [0.1, 0.15) is 6.42 Å². The van der Waals surface area contributed by atoms with Gasteiger partial charge in [-0.3, -0.25) is 0 Å². The molecule has 10 heavy (non-hydrogen) atoms. The van der Waals surface area contributed by atoms with Crippen LogP contribution in [0.15, 0.2) is 11.9 Å². The third kappa shape index (κ3) is 1.31. The summed E-state index contributed by atoms with van der Waals surface area (Å²) in [6, 6.07) is -1.26. The van der Waals surface area contributed by atoms with E-state index < -0.39 is 24.2 Å². The number of hydrogen-bond acceptors (Lipinski definition) is 1. The second-order valence-corrected chi connectivity index (χ2v) is 2.35.